The van der Waals surface area contributed by atoms with E-state index < -0.39 is 23.8 Å². The van der Waals surface area contributed by atoms with Gasteiger partial charge in [0.2, 0.25) is 0 Å². The molecule has 140 valence electrons. The van der Waals surface area contributed by atoms with Crippen LogP contribution in [0.5, 0.6) is 5.75 Å². The van der Waals surface area contributed by atoms with Crippen LogP contribution in [-0.2, 0) is 4.79 Å². The van der Waals surface area contributed by atoms with Crippen molar-refractivity contribution in [3.63, 3.8) is 0 Å². The summed E-state index contributed by atoms with van der Waals surface area (Å²) in [5.74, 6) is -0.569. The second-order valence-corrected chi connectivity index (χ2v) is 6.37. The maximum Gasteiger partial charge on any atom is 0.387 e. The molecule has 9 heteroatoms. The van der Waals surface area contributed by atoms with Gasteiger partial charge in [-0.15, -0.1) is 0 Å². The summed E-state index contributed by atoms with van der Waals surface area (Å²) in [5.41, 5.74) is 0.651. The molecule has 1 aliphatic carbocycles. The molecular formula is C18H15F2N3O4. The number of ether oxygens (including phenoxy) is 1. The molecule has 0 spiro atoms. The number of Topliss-reactive ketones (excluding diaryl/α,β-unsaturated/α-hetero) is 1. The van der Waals surface area contributed by atoms with Crippen molar-refractivity contribution in [2.45, 2.75) is 31.8 Å². The summed E-state index contributed by atoms with van der Waals surface area (Å²) in [4.78, 5) is 41.5. The Hall–Kier alpha value is -3.23. The third-order valence-electron chi connectivity index (χ3n) is 4.73. The summed E-state index contributed by atoms with van der Waals surface area (Å²) in [6, 6.07) is 5.79. The van der Waals surface area contributed by atoms with E-state index in [2.05, 4.69) is 20.0 Å². The van der Waals surface area contributed by atoms with Gasteiger partial charge in [-0.05, 0) is 30.5 Å². The van der Waals surface area contributed by atoms with E-state index in [9.17, 15) is 23.2 Å². The number of aromatic amines is 2. The Morgan fingerprint density at radius 3 is 2.48 bits per heavy atom. The average molecular weight is 375 g/mol. The van der Waals surface area contributed by atoms with Crippen LogP contribution >= 0.6 is 0 Å². The lowest BCUT2D eigenvalue weighted by molar-refractivity contribution is -0.116. The molecule has 1 aliphatic heterocycles. The van der Waals surface area contributed by atoms with Crippen LogP contribution in [-0.4, -0.2) is 22.4 Å². The molecule has 0 unspecified atom stereocenters. The van der Waals surface area contributed by atoms with Gasteiger partial charge in [-0.1, -0.05) is 12.1 Å². The monoisotopic (exact) mass is 375 g/mol. The zero-order valence-corrected chi connectivity index (χ0v) is 14.0. The first-order chi connectivity index (χ1) is 12.9. The molecule has 0 saturated carbocycles. The van der Waals surface area contributed by atoms with Crippen molar-refractivity contribution in [3.8, 4) is 5.75 Å². The van der Waals surface area contributed by atoms with Gasteiger partial charge >= 0.3 is 12.3 Å². The van der Waals surface area contributed by atoms with Gasteiger partial charge < -0.3 is 10.1 Å². The Labute approximate surface area is 151 Å². The van der Waals surface area contributed by atoms with Crippen molar-refractivity contribution in [1.29, 1.82) is 0 Å². The maximum atomic E-state index is 12.6. The molecule has 27 heavy (non-hydrogen) atoms. The number of ketones is 1. The van der Waals surface area contributed by atoms with Crippen LogP contribution in [0, 0.1) is 0 Å². The summed E-state index contributed by atoms with van der Waals surface area (Å²) in [5, 5.41) is 3.01. The van der Waals surface area contributed by atoms with Gasteiger partial charge in [0, 0.05) is 23.6 Å². The van der Waals surface area contributed by atoms with Crippen molar-refractivity contribution >= 4 is 11.6 Å². The van der Waals surface area contributed by atoms with Crippen molar-refractivity contribution in [2.75, 3.05) is 5.32 Å². The third-order valence-corrected chi connectivity index (χ3v) is 4.73. The van der Waals surface area contributed by atoms with Gasteiger partial charge in [-0.2, -0.15) is 8.78 Å². The Kier molecular flexibility index (Phi) is 4.14. The zero-order valence-electron chi connectivity index (χ0n) is 14.0. The summed E-state index contributed by atoms with van der Waals surface area (Å²) < 4.78 is 29.1. The highest BCUT2D eigenvalue weighted by Gasteiger charge is 2.37. The number of halogens is 2. The van der Waals surface area contributed by atoms with E-state index in [0.29, 0.717) is 36.1 Å². The molecular weight excluding hydrogens is 360 g/mol. The molecule has 0 fully saturated rings. The first-order valence-corrected chi connectivity index (χ1v) is 8.38. The van der Waals surface area contributed by atoms with Gasteiger partial charge in [-0.25, -0.2) is 4.79 Å². The van der Waals surface area contributed by atoms with Gasteiger partial charge in [0.1, 0.15) is 11.6 Å². The number of anilines is 1. The molecule has 1 aromatic carbocycles. The lowest BCUT2D eigenvalue weighted by atomic mass is 9.76. The lowest BCUT2D eigenvalue weighted by Gasteiger charge is -2.32. The van der Waals surface area contributed by atoms with Crippen LogP contribution in [0.3, 0.4) is 0 Å². The average Bonchev–Trinajstić information content (AvgIpc) is 2.60. The second-order valence-electron chi connectivity index (χ2n) is 6.37. The van der Waals surface area contributed by atoms with E-state index in [1.807, 2.05) is 0 Å². The smallest absolute Gasteiger partial charge is 0.387 e. The van der Waals surface area contributed by atoms with Gasteiger partial charge in [-0.3, -0.25) is 19.6 Å². The van der Waals surface area contributed by atoms with Gasteiger partial charge in [0.05, 0.1) is 5.56 Å². The van der Waals surface area contributed by atoms with E-state index in [1.165, 1.54) is 24.3 Å². The number of carbonyl (C=O) groups is 1. The molecule has 7 nitrogen and oxygen atoms in total. The van der Waals surface area contributed by atoms with Crippen LogP contribution in [0.15, 0.2) is 45.1 Å². The predicted molar refractivity (Wildman–Crippen MR) is 92.1 cm³/mol. The van der Waals surface area contributed by atoms with Crippen molar-refractivity contribution in [3.05, 3.63) is 67.5 Å². The fourth-order valence-corrected chi connectivity index (χ4v) is 3.67. The molecule has 2 heterocycles. The second kappa shape index (κ2) is 6.49. The number of fused-ring (bicyclic) bond motifs is 1. The van der Waals surface area contributed by atoms with Gasteiger partial charge in [0.25, 0.3) is 5.56 Å². The molecule has 0 saturated heterocycles. The fraction of sp³-hybridized carbons (Fsp3) is 0.278. The quantitative estimate of drug-likeness (QED) is 0.763. The van der Waals surface area contributed by atoms with Crippen molar-refractivity contribution in [2.24, 2.45) is 0 Å². The number of nitrogens with one attached hydrogen (secondary N) is 3. The van der Waals surface area contributed by atoms with Crippen molar-refractivity contribution < 1.29 is 18.3 Å². The summed E-state index contributed by atoms with van der Waals surface area (Å²) >= 11 is 0. The number of H-pyrrole nitrogens is 2. The molecule has 0 amide bonds. The Bertz CT molecular complexity index is 1050. The highest BCUT2D eigenvalue weighted by molar-refractivity contribution is 6.00. The minimum absolute atomic E-state index is 0.0255. The molecule has 1 atom stereocenters. The molecule has 3 N–H and O–H groups in total. The molecule has 0 radical (unpaired) electrons. The number of allylic oxidation sites excluding steroid dienone is 2. The van der Waals surface area contributed by atoms with Gasteiger partial charge in [0.15, 0.2) is 5.78 Å². The summed E-state index contributed by atoms with van der Waals surface area (Å²) in [6.45, 7) is -2.95. The molecule has 2 aromatic rings. The van der Waals surface area contributed by atoms with Crippen LogP contribution in [0.1, 0.15) is 36.3 Å². The number of carbonyl (C=O) groups excluding carboxylic acids is 1. The highest BCUT2D eigenvalue weighted by atomic mass is 19.3. The lowest BCUT2D eigenvalue weighted by Crippen LogP contribution is -2.36. The Balaban J connectivity index is 1.88. The minimum Gasteiger partial charge on any atom is -0.435 e. The van der Waals surface area contributed by atoms with E-state index in [0.717, 1.165) is 0 Å². The number of alkyl halides is 2. The van der Waals surface area contributed by atoms with E-state index in [1.54, 1.807) is 0 Å². The van der Waals surface area contributed by atoms with E-state index in [-0.39, 0.29) is 22.9 Å². The molecule has 4 rings (SSSR count). The first-order valence-electron chi connectivity index (χ1n) is 8.38. The topological polar surface area (TPSA) is 104 Å². The largest absolute Gasteiger partial charge is 0.435 e. The number of hydrogen-bond donors (Lipinski definition) is 3. The third kappa shape index (κ3) is 3.05. The SMILES string of the molecule is O=C1CCCC2=C1[C@H](c1ccc(OC(F)F)cc1)c1c([nH]c(=O)[nH]c1=O)N2. The Morgan fingerprint density at radius 2 is 1.78 bits per heavy atom. The maximum absolute atomic E-state index is 12.6. The number of hydrogen-bond acceptors (Lipinski definition) is 5. The molecule has 1 aromatic heterocycles. The number of aromatic nitrogens is 2. The number of benzene rings is 1. The van der Waals surface area contributed by atoms with Crippen LogP contribution in [0.4, 0.5) is 14.6 Å². The zero-order chi connectivity index (χ0) is 19.1. The standard InChI is InChI=1S/C18H15F2N3O4/c19-17(20)27-9-6-4-8(5-7-9)12-13-10(2-1-3-11(13)24)21-15-14(12)16(25)23-18(26)22-15/h4-7,12,17H,1-3H2,(H3,21,22,23,25,26)/t12-/m0/s1. The number of rotatable bonds is 3. The summed E-state index contributed by atoms with van der Waals surface area (Å²) in [6.07, 6.45) is 1.64. The minimum atomic E-state index is -2.95. The molecule has 0 bridgehead atoms. The summed E-state index contributed by atoms with van der Waals surface area (Å²) in [7, 11) is 0. The fourth-order valence-electron chi connectivity index (χ4n) is 3.67. The van der Waals surface area contributed by atoms with Crippen LogP contribution < -0.4 is 21.3 Å². The highest BCUT2D eigenvalue weighted by Crippen LogP contribution is 2.43. The van der Waals surface area contributed by atoms with E-state index in [4.69, 9.17) is 0 Å². The normalized spacial score (nSPS) is 18.8. The van der Waals surface area contributed by atoms with Crippen LogP contribution in [0.25, 0.3) is 0 Å². The van der Waals surface area contributed by atoms with E-state index >= 15 is 0 Å². The Morgan fingerprint density at radius 1 is 1.04 bits per heavy atom. The van der Waals surface area contributed by atoms with Crippen molar-refractivity contribution in [1.82, 2.24) is 9.97 Å². The predicted octanol–water partition coefficient (Wildman–Crippen LogP) is 2.23. The van der Waals surface area contributed by atoms with Crippen LogP contribution in [0.2, 0.25) is 0 Å². The molecule has 2 aliphatic rings. The first kappa shape index (κ1) is 17.2.